The quantitative estimate of drug-likeness (QED) is 0.363. The van der Waals surface area contributed by atoms with E-state index in [2.05, 4.69) is 15.6 Å². The van der Waals surface area contributed by atoms with Crippen LogP contribution in [0.25, 0.3) is 0 Å². The van der Waals surface area contributed by atoms with Gasteiger partial charge >= 0.3 is 0 Å². The molecule has 0 aromatic rings. The molecule has 0 fully saturated rings. The van der Waals surface area contributed by atoms with E-state index in [0.29, 0.717) is 12.6 Å². The molecule has 0 aliphatic heterocycles. The minimum Gasteiger partial charge on any atom is -0.466 e. The second-order valence-electron chi connectivity index (χ2n) is 2.61. The first kappa shape index (κ1) is 12.2. The lowest BCUT2D eigenvalue weighted by molar-refractivity contribution is 0.309. The highest BCUT2D eigenvalue weighted by atomic mass is 16.5. The van der Waals surface area contributed by atoms with Crippen molar-refractivity contribution in [3.63, 3.8) is 0 Å². The lowest BCUT2D eigenvalue weighted by atomic mass is 10.4. The van der Waals surface area contributed by atoms with Crippen molar-refractivity contribution < 1.29 is 4.74 Å². The molecule has 0 aromatic carbocycles. The molecule has 0 saturated heterocycles. The van der Waals surface area contributed by atoms with Gasteiger partial charge in [-0.15, -0.1) is 0 Å². The standard InChI is InChI=1S/C9H21N3O/c1-4-11-9(13-5-2)12-8-6-7-10-3/h10H,4-8H2,1-3H3,(H,11,12). The first-order valence-electron chi connectivity index (χ1n) is 4.90. The van der Waals surface area contributed by atoms with Crippen molar-refractivity contribution in [3.8, 4) is 0 Å². The fourth-order valence-corrected chi connectivity index (χ4v) is 0.877. The molecule has 13 heavy (non-hydrogen) atoms. The van der Waals surface area contributed by atoms with Crippen molar-refractivity contribution in [1.29, 1.82) is 0 Å². The lowest BCUT2D eigenvalue weighted by Gasteiger charge is -2.07. The van der Waals surface area contributed by atoms with Gasteiger partial charge in [0.1, 0.15) is 0 Å². The molecule has 4 heteroatoms. The molecule has 0 amide bonds. The summed E-state index contributed by atoms with van der Waals surface area (Å²) in [6.07, 6.45) is 1.04. The first-order chi connectivity index (χ1) is 6.35. The topological polar surface area (TPSA) is 45.7 Å². The van der Waals surface area contributed by atoms with Gasteiger partial charge in [-0.25, -0.2) is 4.99 Å². The molecule has 0 aromatic heterocycles. The molecule has 0 bridgehead atoms. The van der Waals surface area contributed by atoms with Crippen LogP contribution in [0.1, 0.15) is 20.3 Å². The van der Waals surface area contributed by atoms with Crippen LogP contribution in [-0.4, -0.2) is 39.3 Å². The second-order valence-corrected chi connectivity index (χ2v) is 2.61. The monoisotopic (exact) mass is 187 g/mol. The fraction of sp³-hybridized carbons (Fsp3) is 0.889. The summed E-state index contributed by atoms with van der Waals surface area (Å²) in [4.78, 5) is 4.28. The first-order valence-corrected chi connectivity index (χ1v) is 4.90. The Kier molecular flexibility index (Phi) is 8.77. The van der Waals surface area contributed by atoms with Crippen LogP contribution in [-0.2, 0) is 4.74 Å². The molecule has 78 valence electrons. The maximum absolute atomic E-state index is 5.28. The van der Waals surface area contributed by atoms with Crippen LogP contribution in [0.5, 0.6) is 0 Å². The number of hydrogen-bond acceptors (Lipinski definition) is 3. The van der Waals surface area contributed by atoms with Crippen molar-refractivity contribution in [2.75, 3.05) is 33.3 Å². The van der Waals surface area contributed by atoms with Crippen molar-refractivity contribution in [1.82, 2.24) is 10.6 Å². The smallest absolute Gasteiger partial charge is 0.284 e. The molecule has 0 aliphatic carbocycles. The molecule has 2 N–H and O–H groups in total. The Morgan fingerprint density at radius 1 is 1.38 bits per heavy atom. The second kappa shape index (κ2) is 9.32. The third-order valence-electron chi connectivity index (χ3n) is 1.45. The summed E-state index contributed by atoms with van der Waals surface area (Å²) in [6, 6.07) is 0.668. The molecule has 0 rings (SSSR count). The average molecular weight is 187 g/mol. The predicted octanol–water partition coefficient (Wildman–Crippen LogP) is 0.598. The van der Waals surface area contributed by atoms with Gasteiger partial charge in [0.25, 0.3) is 6.02 Å². The molecule has 0 unspecified atom stereocenters. The Bertz CT molecular complexity index is 129. The maximum Gasteiger partial charge on any atom is 0.284 e. The van der Waals surface area contributed by atoms with Crippen molar-refractivity contribution in [2.24, 2.45) is 4.99 Å². The summed E-state index contributed by atoms with van der Waals surface area (Å²) in [5.41, 5.74) is 0. The van der Waals surface area contributed by atoms with Crippen LogP contribution in [0.2, 0.25) is 0 Å². The fourth-order valence-electron chi connectivity index (χ4n) is 0.877. The normalized spacial score (nSPS) is 11.5. The third-order valence-corrected chi connectivity index (χ3v) is 1.45. The summed E-state index contributed by atoms with van der Waals surface area (Å²) in [5.74, 6) is 0. The summed E-state index contributed by atoms with van der Waals surface area (Å²) >= 11 is 0. The Balaban J connectivity index is 3.61. The molecule has 0 spiro atoms. The summed E-state index contributed by atoms with van der Waals surface area (Å²) in [5, 5.41) is 6.14. The molecular formula is C9H21N3O. The van der Waals surface area contributed by atoms with E-state index >= 15 is 0 Å². The molecule has 4 nitrogen and oxygen atoms in total. The maximum atomic E-state index is 5.28. The molecule has 0 atom stereocenters. The van der Waals surface area contributed by atoms with Gasteiger partial charge in [-0.1, -0.05) is 0 Å². The molecule has 0 heterocycles. The molecule has 0 aliphatic rings. The largest absolute Gasteiger partial charge is 0.466 e. The van der Waals surface area contributed by atoms with Gasteiger partial charge in [0.2, 0.25) is 0 Å². The van der Waals surface area contributed by atoms with E-state index in [1.807, 2.05) is 20.9 Å². The van der Waals surface area contributed by atoms with Gasteiger partial charge in [-0.05, 0) is 33.9 Å². The average Bonchev–Trinajstić information content (AvgIpc) is 2.13. The summed E-state index contributed by atoms with van der Waals surface area (Å²) in [6.45, 7) is 7.31. The van der Waals surface area contributed by atoms with Gasteiger partial charge in [0.05, 0.1) is 6.61 Å². The zero-order valence-electron chi connectivity index (χ0n) is 8.89. The number of hydrogen-bond donors (Lipinski definition) is 2. The van der Waals surface area contributed by atoms with Crippen LogP contribution in [0.15, 0.2) is 4.99 Å². The highest BCUT2D eigenvalue weighted by Crippen LogP contribution is 1.83. The lowest BCUT2D eigenvalue weighted by Crippen LogP contribution is -2.26. The van der Waals surface area contributed by atoms with Crippen LogP contribution < -0.4 is 10.6 Å². The van der Waals surface area contributed by atoms with Crippen LogP contribution >= 0.6 is 0 Å². The number of aliphatic imine (C=N–C) groups is 1. The SMILES string of the molecule is CCNC(=NCCCNC)OCC. The van der Waals surface area contributed by atoms with E-state index in [1.165, 1.54) is 0 Å². The molecular weight excluding hydrogens is 166 g/mol. The number of ether oxygens (including phenoxy) is 1. The third kappa shape index (κ3) is 7.59. The minimum atomic E-state index is 0.665. The van der Waals surface area contributed by atoms with Crippen molar-refractivity contribution in [2.45, 2.75) is 20.3 Å². The van der Waals surface area contributed by atoms with E-state index in [4.69, 9.17) is 4.74 Å². The Hall–Kier alpha value is -0.770. The van der Waals surface area contributed by atoms with Crippen LogP contribution in [0.4, 0.5) is 0 Å². The Morgan fingerprint density at radius 2 is 2.15 bits per heavy atom. The van der Waals surface area contributed by atoms with E-state index in [-0.39, 0.29) is 0 Å². The van der Waals surface area contributed by atoms with Gasteiger partial charge in [-0.3, -0.25) is 0 Å². The summed E-state index contributed by atoms with van der Waals surface area (Å²) < 4.78 is 5.28. The number of nitrogens with one attached hydrogen (secondary N) is 2. The number of amidine groups is 1. The molecule has 0 radical (unpaired) electrons. The van der Waals surface area contributed by atoms with Gasteiger partial charge in [0.15, 0.2) is 0 Å². The van der Waals surface area contributed by atoms with Crippen LogP contribution in [0, 0.1) is 0 Å². The highest BCUT2D eigenvalue weighted by Gasteiger charge is 1.94. The van der Waals surface area contributed by atoms with Gasteiger partial charge in [-0.2, -0.15) is 0 Å². The molecule has 0 saturated carbocycles. The van der Waals surface area contributed by atoms with E-state index in [1.54, 1.807) is 0 Å². The Labute approximate surface area is 80.8 Å². The van der Waals surface area contributed by atoms with E-state index in [0.717, 1.165) is 26.1 Å². The Morgan fingerprint density at radius 3 is 2.69 bits per heavy atom. The van der Waals surface area contributed by atoms with Gasteiger partial charge in [0, 0.05) is 13.1 Å². The number of rotatable bonds is 6. The van der Waals surface area contributed by atoms with E-state index in [9.17, 15) is 0 Å². The minimum absolute atomic E-state index is 0.665. The zero-order chi connectivity index (χ0) is 9.94. The van der Waals surface area contributed by atoms with Gasteiger partial charge < -0.3 is 15.4 Å². The van der Waals surface area contributed by atoms with Crippen molar-refractivity contribution >= 4 is 6.02 Å². The van der Waals surface area contributed by atoms with Crippen molar-refractivity contribution in [3.05, 3.63) is 0 Å². The number of nitrogens with zero attached hydrogens (tertiary/aromatic N) is 1. The highest BCUT2D eigenvalue weighted by molar-refractivity contribution is 5.73. The van der Waals surface area contributed by atoms with E-state index < -0.39 is 0 Å². The predicted molar refractivity (Wildman–Crippen MR) is 56.1 cm³/mol. The zero-order valence-corrected chi connectivity index (χ0v) is 8.89. The summed E-state index contributed by atoms with van der Waals surface area (Å²) in [7, 11) is 1.94. The van der Waals surface area contributed by atoms with Crippen LogP contribution in [0.3, 0.4) is 0 Å².